The predicted octanol–water partition coefficient (Wildman–Crippen LogP) is 3.87. The zero-order valence-electron chi connectivity index (χ0n) is 20.6. The minimum absolute atomic E-state index is 0.246. The molecule has 8 nitrogen and oxygen atoms in total. The van der Waals surface area contributed by atoms with Crippen molar-refractivity contribution < 1.29 is 0 Å². The second-order valence-corrected chi connectivity index (χ2v) is 10.4. The minimum Gasteiger partial charge on any atom is -0.402 e. The third-order valence-electron chi connectivity index (χ3n) is 8.28. The fourth-order valence-corrected chi connectivity index (χ4v) is 6.41. The number of fused-ring (bicyclic) bond motifs is 2. The molecule has 2 aromatic heterocycles. The van der Waals surface area contributed by atoms with Crippen LogP contribution in [0.4, 0.5) is 11.5 Å². The van der Waals surface area contributed by atoms with E-state index in [-0.39, 0.29) is 5.54 Å². The van der Waals surface area contributed by atoms with Crippen LogP contribution < -0.4 is 16.0 Å². The molecule has 0 atom stereocenters. The number of allylic oxidation sites excluding steroid dienone is 1. The van der Waals surface area contributed by atoms with Crippen molar-refractivity contribution in [2.75, 3.05) is 36.9 Å². The molecule has 0 aromatic carbocycles. The van der Waals surface area contributed by atoms with E-state index in [2.05, 4.69) is 37.0 Å². The number of pyridine rings is 1. The maximum absolute atomic E-state index is 7.97. The number of rotatable bonds is 6. The average molecular weight is 461 g/mol. The van der Waals surface area contributed by atoms with Gasteiger partial charge in [-0.15, -0.1) is 0 Å². The molecule has 0 amide bonds. The minimum atomic E-state index is 0.246. The number of aryl methyl sites for hydroxylation is 1. The maximum Gasteiger partial charge on any atom is 0.136 e. The number of piperidine rings is 1. The molecular weight excluding hydrogens is 424 g/mol. The van der Waals surface area contributed by atoms with E-state index in [4.69, 9.17) is 16.1 Å². The lowest BCUT2D eigenvalue weighted by atomic mass is 9.84. The normalized spacial score (nSPS) is 29.0. The number of aliphatic imine (C=N–C) groups is 1. The molecule has 3 fully saturated rings. The smallest absolute Gasteiger partial charge is 0.136 e. The molecule has 0 unspecified atom stereocenters. The fraction of sp³-hybridized carbons (Fsp3) is 0.538. The number of nitrogens with two attached hydrogens (primary N) is 1. The SMILES string of the molecule is CNc1nc(C)cc(N2CCC(=NCC34CCC(n5ccnc5)(CC3)C4)C(=C(C)N)C2)c1C=N. The van der Waals surface area contributed by atoms with E-state index in [0.717, 1.165) is 59.3 Å². The summed E-state index contributed by atoms with van der Waals surface area (Å²) >= 11 is 0. The summed E-state index contributed by atoms with van der Waals surface area (Å²) in [5.74, 6) is 0.738. The van der Waals surface area contributed by atoms with Crippen LogP contribution in [0.2, 0.25) is 0 Å². The Morgan fingerprint density at radius 1 is 1.32 bits per heavy atom. The third-order valence-corrected chi connectivity index (χ3v) is 8.28. The molecule has 2 saturated carbocycles. The molecule has 1 saturated heterocycles. The highest BCUT2D eigenvalue weighted by Crippen LogP contribution is 2.60. The standard InChI is InChI=1S/C26H36N8/c1-18-12-23(20(13-27)24(29-3)32-18)33-10-4-22(21(14-33)19(2)28)31-16-25-5-7-26(15-25,8-6-25)34-11-9-30-17-34/h9,11-13,17,27H,4-8,10,14-16,28H2,1-3H3,(H,29,32). The van der Waals surface area contributed by atoms with Gasteiger partial charge in [-0.2, -0.15) is 0 Å². The van der Waals surface area contributed by atoms with E-state index in [1.807, 2.05) is 33.4 Å². The van der Waals surface area contributed by atoms with Crippen molar-refractivity contribution in [2.24, 2.45) is 16.1 Å². The van der Waals surface area contributed by atoms with E-state index in [1.54, 1.807) is 0 Å². The quantitative estimate of drug-likeness (QED) is 0.567. The van der Waals surface area contributed by atoms with Gasteiger partial charge in [0.15, 0.2) is 0 Å². The summed E-state index contributed by atoms with van der Waals surface area (Å²) in [6.45, 7) is 6.43. The molecule has 2 aromatic rings. The summed E-state index contributed by atoms with van der Waals surface area (Å²) in [5.41, 5.74) is 12.8. The number of nitrogens with zero attached hydrogens (tertiary/aromatic N) is 5. The topological polar surface area (TPSA) is 108 Å². The van der Waals surface area contributed by atoms with Crippen LogP contribution in [0.3, 0.4) is 0 Å². The van der Waals surface area contributed by atoms with Crippen molar-refractivity contribution in [3.63, 3.8) is 0 Å². The molecule has 3 heterocycles. The van der Waals surface area contributed by atoms with Gasteiger partial charge in [0, 0.05) is 79.9 Å². The molecule has 5 rings (SSSR count). The first-order valence-electron chi connectivity index (χ1n) is 12.3. The van der Waals surface area contributed by atoms with Gasteiger partial charge in [-0.3, -0.25) is 4.99 Å². The lowest BCUT2D eigenvalue weighted by Gasteiger charge is -2.34. The first-order chi connectivity index (χ1) is 16.4. The van der Waals surface area contributed by atoms with Crippen molar-refractivity contribution in [3.05, 3.63) is 47.3 Å². The average Bonchev–Trinajstić information content (AvgIpc) is 3.59. The van der Waals surface area contributed by atoms with Gasteiger partial charge in [0.2, 0.25) is 0 Å². The van der Waals surface area contributed by atoms with Gasteiger partial charge in [-0.1, -0.05) is 0 Å². The molecule has 3 aliphatic rings. The van der Waals surface area contributed by atoms with Gasteiger partial charge in [-0.25, -0.2) is 9.97 Å². The van der Waals surface area contributed by atoms with Crippen LogP contribution in [0.25, 0.3) is 0 Å². The molecule has 34 heavy (non-hydrogen) atoms. The van der Waals surface area contributed by atoms with Gasteiger partial charge in [-0.05, 0) is 57.4 Å². The number of anilines is 2. The van der Waals surface area contributed by atoms with Gasteiger partial charge < -0.3 is 25.9 Å². The molecule has 8 heteroatoms. The maximum atomic E-state index is 7.97. The van der Waals surface area contributed by atoms with Crippen LogP contribution in [-0.4, -0.2) is 53.1 Å². The molecule has 4 N–H and O–H groups in total. The van der Waals surface area contributed by atoms with Crippen LogP contribution in [0, 0.1) is 17.7 Å². The Hall–Kier alpha value is -3.16. The molecule has 2 bridgehead atoms. The molecule has 1 aliphatic heterocycles. The van der Waals surface area contributed by atoms with Gasteiger partial charge in [0.05, 0.1) is 17.6 Å². The Labute approximate surface area is 201 Å². The summed E-state index contributed by atoms with van der Waals surface area (Å²) < 4.78 is 2.35. The largest absolute Gasteiger partial charge is 0.402 e. The number of imidazole rings is 1. The third kappa shape index (κ3) is 3.79. The second kappa shape index (κ2) is 8.56. The number of hydrogen-bond donors (Lipinski definition) is 3. The lowest BCUT2D eigenvalue weighted by molar-refractivity contribution is 0.277. The monoisotopic (exact) mass is 460 g/mol. The van der Waals surface area contributed by atoms with E-state index < -0.39 is 0 Å². The molecular formula is C26H36N8. The van der Waals surface area contributed by atoms with Crippen LogP contribution in [0.1, 0.15) is 56.7 Å². The summed E-state index contributed by atoms with van der Waals surface area (Å²) in [6.07, 6.45) is 14.4. The molecule has 2 aliphatic carbocycles. The first kappa shape index (κ1) is 22.6. The van der Waals surface area contributed by atoms with E-state index in [9.17, 15) is 0 Å². The number of hydrogen-bond acceptors (Lipinski definition) is 7. The Bertz CT molecular complexity index is 1130. The van der Waals surface area contributed by atoms with Crippen molar-refractivity contribution in [3.8, 4) is 0 Å². The Balaban J connectivity index is 1.36. The summed E-state index contributed by atoms with van der Waals surface area (Å²) in [6, 6.07) is 2.07. The van der Waals surface area contributed by atoms with E-state index >= 15 is 0 Å². The molecule has 0 spiro atoms. The number of aromatic nitrogens is 3. The Morgan fingerprint density at radius 3 is 2.76 bits per heavy atom. The Kier molecular flexibility index (Phi) is 5.70. The zero-order valence-corrected chi connectivity index (χ0v) is 20.6. The summed E-state index contributed by atoms with van der Waals surface area (Å²) in [7, 11) is 1.85. The van der Waals surface area contributed by atoms with Crippen LogP contribution in [0.5, 0.6) is 0 Å². The van der Waals surface area contributed by atoms with E-state index in [0.29, 0.717) is 12.0 Å². The fourth-order valence-electron chi connectivity index (χ4n) is 6.41. The van der Waals surface area contributed by atoms with Crippen molar-refractivity contribution in [1.29, 1.82) is 5.41 Å². The van der Waals surface area contributed by atoms with Crippen LogP contribution in [-0.2, 0) is 5.54 Å². The lowest BCUT2D eigenvalue weighted by Crippen LogP contribution is -2.38. The molecule has 0 radical (unpaired) electrons. The predicted molar refractivity (Wildman–Crippen MR) is 138 cm³/mol. The summed E-state index contributed by atoms with van der Waals surface area (Å²) in [4.78, 5) is 16.4. The van der Waals surface area contributed by atoms with Crippen molar-refractivity contribution in [1.82, 2.24) is 14.5 Å². The number of nitrogens with one attached hydrogen (secondary N) is 2. The second-order valence-electron chi connectivity index (χ2n) is 10.4. The van der Waals surface area contributed by atoms with Gasteiger partial charge in [0.25, 0.3) is 0 Å². The van der Waals surface area contributed by atoms with Crippen LogP contribution >= 0.6 is 0 Å². The van der Waals surface area contributed by atoms with Crippen molar-refractivity contribution >= 4 is 23.4 Å². The highest BCUT2D eigenvalue weighted by molar-refractivity contribution is 6.03. The zero-order chi connectivity index (χ0) is 23.9. The van der Waals surface area contributed by atoms with Crippen LogP contribution in [0.15, 0.2) is 41.0 Å². The van der Waals surface area contributed by atoms with E-state index in [1.165, 1.54) is 38.3 Å². The highest BCUT2D eigenvalue weighted by Gasteiger charge is 2.54. The van der Waals surface area contributed by atoms with Gasteiger partial charge >= 0.3 is 0 Å². The first-order valence-corrected chi connectivity index (χ1v) is 12.3. The summed E-state index contributed by atoms with van der Waals surface area (Å²) in [5, 5.41) is 11.1. The molecule has 180 valence electrons. The van der Waals surface area contributed by atoms with Gasteiger partial charge in [0.1, 0.15) is 5.82 Å². The highest BCUT2D eigenvalue weighted by atomic mass is 15.2. The Morgan fingerprint density at radius 2 is 2.12 bits per heavy atom. The van der Waals surface area contributed by atoms with Crippen molar-refractivity contribution in [2.45, 2.75) is 57.9 Å².